The molecular formula is C16H12Br2N2O. The zero-order valence-electron chi connectivity index (χ0n) is 11.1. The minimum absolute atomic E-state index is 0.0832. The number of rotatable bonds is 3. The predicted molar refractivity (Wildman–Crippen MR) is 89.6 cm³/mol. The standard InChI is InChI=1S/C16H12Br2N2O/c17-12-3-4-16-11(5-12)6-14(21-16)9-20-15-7-13(18)2-1-10(15)8-19/h1-5,7,14,20H,6,9H2. The van der Waals surface area contributed by atoms with Crippen LogP contribution in [0, 0.1) is 11.3 Å². The fraction of sp³-hybridized carbons (Fsp3) is 0.188. The zero-order valence-corrected chi connectivity index (χ0v) is 14.2. The van der Waals surface area contributed by atoms with Crippen molar-refractivity contribution in [1.29, 1.82) is 5.26 Å². The minimum atomic E-state index is 0.0832. The second-order valence-corrected chi connectivity index (χ2v) is 6.71. The molecule has 0 fully saturated rings. The van der Waals surface area contributed by atoms with Gasteiger partial charge in [0.1, 0.15) is 17.9 Å². The molecule has 1 heterocycles. The van der Waals surface area contributed by atoms with Crippen LogP contribution in [-0.2, 0) is 6.42 Å². The van der Waals surface area contributed by atoms with Gasteiger partial charge in [0.25, 0.3) is 0 Å². The lowest BCUT2D eigenvalue weighted by molar-refractivity contribution is 0.246. The van der Waals surface area contributed by atoms with Gasteiger partial charge in [0.05, 0.1) is 17.8 Å². The molecule has 5 heteroatoms. The predicted octanol–water partition coefficient (Wildman–Crippen LogP) is 4.50. The monoisotopic (exact) mass is 406 g/mol. The summed E-state index contributed by atoms with van der Waals surface area (Å²) in [7, 11) is 0. The first-order valence-corrected chi connectivity index (χ1v) is 8.13. The molecule has 3 rings (SSSR count). The van der Waals surface area contributed by atoms with Gasteiger partial charge in [-0.2, -0.15) is 5.26 Å². The SMILES string of the molecule is N#Cc1ccc(Br)cc1NCC1Cc2cc(Br)ccc2O1. The Hall–Kier alpha value is -1.51. The lowest BCUT2D eigenvalue weighted by Gasteiger charge is -2.14. The van der Waals surface area contributed by atoms with Gasteiger partial charge >= 0.3 is 0 Å². The molecule has 0 aromatic heterocycles. The molecule has 0 bridgehead atoms. The van der Waals surface area contributed by atoms with E-state index in [1.807, 2.05) is 24.3 Å². The first kappa shape index (κ1) is 14.4. The number of nitriles is 1. The number of nitrogens with zero attached hydrogens (tertiary/aromatic N) is 1. The molecule has 21 heavy (non-hydrogen) atoms. The molecule has 0 radical (unpaired) electrons. The number of anilines is 1. The maximum absolute atomic E-state index is 9.13. The van der Waals surface area contributed by atoms with Crippen molar-refractivity contribution in [3.63, 3.8) is 0 Å². The number of hydrogen-bond donors (Lipinski definition) is 1. The van der Waals surface area contributed by atoms with Crippen LogP contribution in [0.25, 0.3) is 0 Å². The molecule has 1 unspecified atom stereocenters. The van der Waals surface area contributed by atoms with E-state index in [0.717, 1.165) is 26.8 Å². The fourth-order valence-electron chi connectivity index (χ4n) is 2.39. The van der Waals surface area contributed by atoms with Gasteiger partial charge in [-0.15, -0.1) is 0 Å². The Morgan fingerprint density at radius 3 is 2.76 bits per heavy atom. The van der Waals surface area contributed by atoms with Gasteiger partial charge in [-0.1, -0.05) is 31.9 Å². The van der Waals surface area contributed by atoms with E-state index < -0.39 is 0 Å². The van der Waals surface area contributed by atoms with Crippen LogP contribution in [0.5, 0.6) is 5.75 Å². The zero-order chi connectivity index (χ0) is 14.8. The van der Waals surface area contributed by atoms with Crippen molar-refractivity contribution in [2.75, 3.05) is 11.9 Å². The van der Waals surface area contributed by atoms with Crippen LogP contribution in [0.3, 0.4) is 0 Å². The number of nitrogens with one attached hydrogen (secondary N) is 1. The van der Waals surface area contributed by atoms with E-state index in [9.17, 15) is 0 Å². The summed E-state index contributed by atoms with van der Waals surface area (Å²) in [5.74, 6) is 0.944. The maximum atomic E-state index is 9.13. The van der Waals surface area contributed by atoms with Gasteiger partial charge in [-0.3, -0.25) is 0 Å². The van der Waals surface area contributed by atoms with Crippen molar-refractivity contribution < 1.29 is 4.74 Å². The summed E-state index contributed by atoms with van der Waals surface area (Å²) in [6, 6.07) is 13.8. The molecule has 106 valence electrons. The summed E-state index contributed by atoms with van der Waals surface area (Å²) in [4.78, 5) is 0. The van der Waals surface area contributed by atoms with Gasteiger partial charge in [0.2, 0.25) is 0 Å². The fourth-order valence-corrected chi connectivity index (χ4v) is 3.16. The number of hydrogen-bond acceptors (Lipinski definition) is 3. The highest BCUT2D eigenvalue weighted by molar-refractivity contribution is 9.10. The van der Waals surface area contributed by atoms with Gasteiger partial charge in [-0.25, -0.2) is 0 Å². The van der Waals surface area contributed by atoms with E-state index in [0.29, 0.717) is 12.1 Å². The van der Waals surface area contributed by atoms with Gasteiger partial charge < -0.3 is 10.1 Å². The van der Waals surface area contributed by atoms with Crippen LogP contribution in [0.15, 0.2) is 45.3 Å². The number of halogens is 2. The van der Waals surface area contributed by atoms with Gasteiger partial charge in [0.15, 0.2) is 0 Å². The Morgan fingerprint density at radius 1 is 1.19 bits per heavy atom. The lowest BCUT2D eigenvalue weighted by atomic mass is 10.1. The Balaban J connectivity index is 1.68. The molecule has 0 saturated heterocycles. The summed E-state index contributed by atoms with van der Waals surface area (Å²) < 4.78 is 7.92. The van der Waals surface area contributed by atoms with E-state index in [1.54, 1.807) is 6.07 Å². The van der Waals surface area contributed by atoms with Gasteiger partial charge in [0, 0.05) is 15.4 Å². The van der Waals surface area contributed by atoms with E-state index in [1.165, 1.54) is 5.56 Å². The number of ether oxygens (including phenoxy) is 1. The van der Waals surface area contributed by atoms with Crippen molar-refractivity contribution in [3.8, 4) is 11.8 Å². The van der Waals surface area contributed by atoms with Crippen LogP contribution in [0.4, 0.5) is 5.69 Å². The van der Waals surface area contributed by atoms with Crippen molar-refractivity contribution in [2.45, 2.75) is 12.5 Å². The Morgan fingerprint density at radius 2 is 1.95 bits per heavy atom. The molecular weight excluding hydrogens is 396 g/mol. The third kappa shape index (κ3) is 3.22. The molecule has 1 N–H and O–H groups in total. The van der Waals surface area contributed by atoms with E-state index >= 15 is 0 Å². The molecule has 3 nitrogen and oxygen atoms in total. The van der Waals surface area contributed by atoms with Crippen LogP contribution in [0.2, 0.25) is 0 Å². The molecule has 0 spiro atoms. The van der Waals surface area contributed by atoms with E-state index in [4.69, 9.17) is 10.00 Å². The second-order valence-electron chi connectivity index (χ2n) is 4.88. The molecule has 0 saturated carbocycles. The number of benzene rings is 2. The first-order valence-electron chi connectivity index (χ1n) is 6.54. The molecule has 1 aliphatic rings. The van der Waals surface area contributed by atoms with Crippen LogP contribution >= 0.6 is 31.9 Å². The molecule has 2 aromatic rings. The topological polar surface area (TPSA) is 45.0 Å². The molecule has 2 aromatic carbocycles. The minimum Gasteiger partial charge on any atom is -0.488 e. The Bertz CT molecular complexity index is 725. The molecule has 1 atom stereocenters. The molecule has 0 aliphatic carbocycles. The first-order chi connectivity index (χ1) is 10.2. The second kappa shape index (κ2) is 6.08. The highest BCUT2D eigenvalue weighted by atomic mass is 79.9. The summed E-state index contributed by atoms with van der Waals surface area (Å²) >= 11 is 6.90. The Labute approximate surface area is 140 Å². The lowest BCUT2D eigenvalue weighted by Crippen LogP contribution is -2.24. The number of fused-ring (bicyclic) bond motifs is 1. The summed E-state index contributed by atoms with van der Waals surface area (Å²) in [6.07, 6.45) is 0.956. The third-order valence-corrected chi connectivity index (χ3v) is 4.37. The van der Waals surface area contributed by atoms with Crippen LogP contribution in [-0.4, -0.2) is 12.6 Å². The molecule has 0 amide bonds. The van der Waals surface area contributed by atoms with Crippen molar-refractivity contribution in [2.24, 2.45) is 0 Å². The maximum Gasteiger partial charge on any atom is 0.123 e. The largest absolute Gasteiger partial charge is 0.488 e. The normalized spacial score (nSPS) is 16.0. The van der Waals surface area contributed by atoms with Crippen LogP contribution in [0.1, 0.15) is 11.1 Å². The van der Waals surface area contributed by atoms with Crippen LogP contribution < -0.4 is 10.1 Å². The highest BCUT2D eigenvalue weighted by Crippen LogP contribution is 2.31. The smallest absolute Gasteiger partial charge is 0.123 e. The third-order valence-electron chi connectivity index (χ3n) is 3.39. The van der Waals surface area contributed by atoms with Crippen molar-refractivity contribution >= 4 is 37.5 Å². The van der Waals surface area contributed by atoms with E-state index in [-0.39, 0.29) is 6.10 Å². The molecule has 1 aliphatic heterocycles. The summed E-state index contributed by atoms with van der Waals surface area (Å²) in [5.41, 5.74) is 2.68. The quantitative estimate of drug-likeness (QED) is 0.814. The van der Waals surface area contributed by atoms with Crippen molar-refractivity contribution in [3.05, 3.63) is 56.5 Å². The Kier molecular flexibility index (Phi) is 4.18. The van der Waals surface area contributed by atoms with E-state index in [2.05, 4.69) is 49.3 Å². The highest BCUT2D eigenvalue weighted by Gasteiger charge is 2.22. The van der Waals surface area contributed by atoms with Gasteiger partial charge in [-0.05, 0) is 42.0 Å². The van der Waals surface area contributed by atoms with Crippen molar-refractivity contribution in [1.82, 2.24) is 0 Å². The summed E-state index contributed by atoms with van der Waals surface area (Å²) in [6.45, 7) is 0.664. The average molecular weight is 408 g/mol. The summed E-state index contributed by atoms with van der Waals surface area (Å²) in [5, 5.41) is 12.4. The average Bonchev–Trinajstić information content (AvgIpc) is 2.87.